The lowest BCUT2D eigenvalue weighted by molar-refractivity contribution is -0.114. The first-order chi connectivity index (χ1) is 9.67. The molecular formula is C16H25N3O. The zero-order valence-corrected chi connectivity index (χ0v) is 12.5. The lowest BCUT2D eigenvalue weighted by Gasteiger charge is -2.19. The van der Waals surface area contributed by atoms with E-state index in [9.17, 15) is 4.79 Å². The average molecular weight is 275 g/mol. The van der Waals surface area contributed by atoms with Gasteiger partial charge in [-0.15, -0.1) is 0 Å². The second-order valence-electron chi connectivity index (χ2n) is 5.46. The van der Waals surface area contributed by atoms with Gasteiger partial charge in [0.2, 0.25) is 5.91 Å². The molecule has 1 aromatic carbocycles. The monoisotopic (exact) mass is 275 g/mol. The van der Waals surface area contributed by atoms with Crippen LogP contribution in [-0.2, 0) is 4.79 Å². The first-order valence-electron chi connectivity index (χ1n) is 7.54. The number of amides is 1. The van der Waals surface area contributed by atoms with Gasteiger partial charge in [-0.05, 0) is 56.6 Å². The molecule has 2 rings (SSSR count). The van der Waals surface area contributed by atoms with Gasteiger partial charge in [0.25, 0.3) is 0 Å². The number of nitrogens with zero attached hydrogens (tertiary/aromatic N) is 1. The molecule has 1 aromatic rings. The van der Waals surface area contributed by atoms with E-state index in [0.29, 0.717) is 6.04 Å². The molecule has 2 N–H and O–H groups in total. The summed E-state index contributed by atoms with van der Waals surface area (Å²) in [6.45, 7) is 7.30. The molecule has 0 aliphatic carbocycles. The smallest absolute Gasteiger partial charge is 0.221 e. The summed E-state index contributed by atoms with van der Waals surface area (Å²) in [6, 6.07) is 8.51. The molecule has 20 heavy (non-hydrogen) atoms. The molecule has 0 radical (unpaired) electrons. The largest absolute Gasteiger partial charge is 0.382 e. The summed E-state index contributed by atoms with van der Waals surface area (Å²) < 4.78 is 0. The zero-order valence-electron chi connectivity index (χ0n) is 12.5. The number of hydrogen-bond donors (Lipinski definition) is 2. The van der Waals surface area contributed by atoms with Crippen molar-refractivity contribution in [1.29, 1.82) is 0 Å². The van der Waals surface area contributed by atoms with Gasteiger partial charge in [-0.1, -0.05) is 6.92 Å². The minimum Gasteiger partial charge on any atom is -0.382 e. The van der Waals surface area contributed by atoms with Crippen molar-refractivity contribution in [2.75, 3.05) is 30.3 Å². The molecule has 4 nitrogen and oxygen atoms in total. The number of likely N-dealkylation sites (tertiary alicyclic amines) is 1. The number of hydrogen-bond acceptors (Lipinski definition) is 3. The van der Waals surface area contributed by atoms with Crippen LogP contribution < -0.4 is 10.6 Å². The Hall–Kier alpha value is -1.55. The van der Waals surface area contributed by atoms with Gasteiger partial charge in [-0.25, -0.2) is 0 Å². The SMILES string of the molecule is CCN1CCCC(Nc2ccc(NC(C)=O)cc2)CC1. The summed E-state index contributed by atoms with van der Waals surface area (Å²) in [5, 5.41) is 6.39. The summed E-state index contributed by atoms with van der Waals surface area (Å²) in [4.78, 5) is 13.5. The highest BCUT2D eigenvalue weighted by Gasteiger charge is 2.15. The summed E-state index contributed by atoms with van der Waals surface area (Å²) in [5.74, 6) is -0.0332. The number of carbonyl (C=O) groups is 1. The van der Waals surface area contributed by atoms with E-state index in [1.807, 2.05) is 24.3 Å². The predicted octanol–water partition coefficient (Wildman–Crippen LogP) is 2.93. The van der Waals surface area contributed by atoms with Crippen molar-refractivity contribution in [3.8, 4) is 0 Å². The van der Waals surface area contributed by atoms with Crippen LogP contribution in [0.15, 0.2) is 24.3 Å². The highest BCUT2D eigenvalue weighted by atomic mass is 16.1. The van der Waals surface area contributed by atoms with Crippen molar-refractivity contribution in [3.05, 3.63) is 24.3 Å². The van der Waals surface area contributed by atoms with E-state index in [2.05, 4.69) is 22.5 Å². The van der Waals surface area contributed by atoms with Crippen molar-refractivity contribution in [1.82, 2.24) is 4.90 Å². The highest BCUT2D eigenvalue weighted by Crippen LogP contribution is 2.19. The van der Waals surface area contributed by atoms with Crippen LogP contribution in [0.4, 0.5) is 11.4 Å². The fourth-order valence-electron chi connectivity index (χ4n) is 2.71. The minimum absolute atomic E-state index is 0.0332. The standard InChI is InChI=1S/C16H25N3O/c1-3-19-11-4-5-14(10-12-19)18-16-8-6-15(7-9-16)17-13(2)20/h6-9,14,18H,3-5,10-12H2,1-2H3,(H,17,20). The van der Waals surface area contributed by atoms with Crippen LogP contribution in [0.1, 0.15) is 33.1 Å². The Kier molecular flexibility index (Phi) is 5.41. The van der Waals surface area contributed by atoms with E-state index in [-0.39, 0.29) is 5.91 Å². The van der Waals surface area contributed by atoms with Crippen LogP contribution in [0.25, 0.3) is 0 Å². The second kappa shape index (κ2) is 7.29. The average Bonchev–Trinajstić information content (AvgIpc) is 2.65. The third-order valence-electron chi connectivity index (χ3n) is 3.84. The van der Waals surface area contributed by atoms with E-state index in [1.165, 1.54) is 39.3 Å². The van der Waals surface area contributed by atoms with Crippen molar-refractivity contribution in [2.24, 2.45) is 0 Å². The zero-order chi connectivity index (χ0) is 14.4. The number of benzene rings is 1. The van der Waals surface area contributed by atoms with E-state index in [4.69, 9.17) is 0 Å². The Morgan fingerprint density at radius 3 is 2.55 bits per heavy atom. The first kappa shape index (κ1) is 14.9. The van der Waals surface area contributed by atoms with Crippen LogP contribution in [0.2, 0.25) is 0 Å². The maximum atomic E-state index is 11.0. The van der Waals surface area contributed by atoms with E-state index >= 15 is 0 Å². The molecule has 1 aliphatic rings. The molecule has 110 valence electrons. The van der Waals surface area contributed by atoms with Gasteiger partial charge in [0.1, 0.15) is 0 Å². The minimum atomic E-state index is -0.0332. The van der Waals surface area contributed by atoms with Crippen LogP contribution in [0.3, 0.4) is 0 Å². The second-order valence-corrected chi connectivity index (χ2v) is 5.46. The number of nitrogens with one attached hydrogen (secondary N) is 2. The molecule has 1 heterocycles. The molecule has 1 fully saturated rings. The Morgan fingerprint density at radius 2 is 1.90 bits per heavy atom. The first-order valence-corrected chi connectivity index (χ1v) is 7.54. The van der Waals surface area contributed by atoms with Crippen LogP contribution >= 0.6 is 0 Å². The van der Waals surface area contributed by atoms with Gasteiger partial charge in [-0.2, -0.15) is 0 Å². The molecule has 1 saturated heterocycles. The van der Waals surface area contributed by atoms with Gasteiger partial charge in [-0.3, -0.25) is 4.79 Å². The fourth-order valence-corrected chi connectivity index (χ4v) is 2.71. The van der Waals surface area contributed by atoms with E-state index in [0.717, 1.165) is 17.9 Å². The molecule has 0 bridgehead atoms. The maximum absolute atomic E-state index is 11.0. The molecular weight excluding hydrogens is 250 g/mol. The van der Waals surface area contributed by atoms with Crippen molar-refractivity contribution < 1.29 is 4.79 Å². The van der Waals surface area contributed by atoms with Gasteiger partial charge in [0.05, 0.1) is 0 Å². The highest BCUT2D eigenvalue weighted by molar-refractivity contribution is 5.88. The van der Waals surface area contributed by atoms with Crippen molar-refractivity contribution in [2.45, 2.75) is 39.2 Å². The lowest BCUT2D eigenvalue weighted by atomic mass is 10.1. The quantitative estimate of drug-likeness (QED) is 0.888. The topological polar surface area (TPSA) is 44.4 Å². The van der Waals surface area contributed by atoms with Gasteiger partial charge < -0.3 is 15.5 Å². The number of anilines is 2. The van der Waals surface area contributed by atoms with Crippen molar-refractivity contribution >= 4 is 17.3 Å². The maximum Gasteiger partial charge on any atom is 0.221 e. The van der Waals surface area contributed by atoms with Gasteiger partial charge in [0, 0.05) is 30.9 Å². The molecule has 4 heteroatoms. The molecule has 0 aromatic heterocycles. The molecule has 0 spiro atoms. The summed E-state index contributed by atoms with van der Waals surface area (Å²) >= 11 is 0. The summed E-state index contributed by atoms with van der Waals surface area (Å²) in [6.07, 6.45) is 3.68. The van der Waals surface area contributed by atoms with Crippen LogP contribution in [-0.4, -0.2) is 36.5 Å². The number of carbonyl (C=O) groups excluding carboxylic acids is 1. The van der Waals surface area contributed by atoms with E-state index in [1.54, 1.807) is 0 Å². The van der Waals surface area contributed by atoms with Gasteiger partial charge >= 0.3 is 0 Å². The molecule has 1 amide bonds. The van der Waals surface area contributed by atoms with Crippen LogP contribution in [0.5, 0.6) is 0 Å². The Bertz CT molecular complexity index is 430. The summed E-state index contributed by atoms with van der Waals surface area (Å²) in [5.41, 5.74) is 1.98. The summed E-state index contributed by atoms with van der Waals surface area (Å²) in [7, 11) is 0. The van der Waals surface area contributed by atoms with Gasteiger partial charge in [0.15, 0.2) is 0 Å². The third kappa shape index (κ3) is 4.53. The molecule has 1 aliphatic heterocycles. The Morgan fingerprint density at radius 1 is 1.20 bits per heavy atom. The Labute approximate surface area is 121 Å². The van der Waals surface area contributed by atoms with Crippen LogP contribution in [0, 0.1) is 0 Å². The molecule has 1 unspecified atom stereocenters. The third-order valence-corrected chi connectivity index (χ3v) is 3.84. The fraction of sp³-hybridized carbons (Fsp3) is 0.562. The normalized spacial score (nSPS) is 20.2. The lowest BCUT2D eigenvalue weighted by Crippen LogP contribution is -2.26. The van der Waals surface area contributed by atoms with E-state index < -0.39 is 0 Å². The van der Waals surface area contributed by atoms with Crippen molar-refractivity contribution in [3.63, 3.8) is 0 Å². The predicted molar refractivity (Wildman–Crippen MR) is 84.1 cm³/mol. The Balaban J connectivity index is 1.88. The molecule has 0 saturated carbocycles. The number of rotatable bonds is 4. The molecule has 1 atom stereocenters.